The molecule has 0 aliphatic carbocycles. The Morgan fingerprint density at radius 2 is 1.91 bits per heavy atom. The Balaban J connectivity index is 0.00000242. The zero-order valence-electron chi connectivity index (χ0n) is 13.4. The van der Waals surface area contributed by atoms with Gasteiger partial charge >= 0.3 is 0 Å². The number of carbonyl (C=O) groups excluding carboxylic acids is 1. The predicted octanol–water partition coefficient (Wildman–Crippen LogP) is 2.42. The summed E-state index contributed by atoms with van der Waals surface area (Å²) >= 11 is 0. The molecule has 1 saturated heterocycles. The van der Waals surface area contributed by atoms with E-state index in [9.17, 15) is 4.79 Å². The standard InChI is InChI=1S/C17H26N2O2.ClH/c1-13(14-6-4-3-5-7-14)12-19(2)17(20)16(18)15-8-10-21-11-9-15;/h3-7,13,15-16H,8-12,18H2,1-2H3;1H. The zero-order chi connectivity index (χ0) is 15.2. The van der Waals surface area contributed by atoms with E-state index in [0.29, 0.717) is 12.5 Å². The summed E-state index contributed by atoms with van der Waals surface area (Å²) in [6.07, 6.45) is 1.77. The van der Waals surface area contributed by atoms with Gasteiger partial charge in [-0.05, 0) is 30.2 Å². The van der Waals surface area contributed by atoms with Gasteiger partial charge < -0.3 is 15.4 Å². The maximum atomic E-state index is 12.5. The first-order valence-corrected chi connectivity index (χ1v) is 7.73. The lowest BCUT2D eigenvalue weighted by molar-refractivity contribution is -0.133. The predicted molar refractivity (Wildman–Crippen MR) is 91.3 cm³/mol. The van der Waals surface area contributed by atoms with Gasteiger partial charge in [0.1, 0.15) is 0 Å². The molecule has 124 valence electrons. The van der Waals surface area contributed by atoms with Crippen LogP contribution in [-0.4, -0.2) is 43.7 Å². The van der Waals surface area contributed by atoms with Gasteiger partial charge in [-0.1, -0.05) is 37.3 Å². The van der Waals surface area contributed by atoms with Crippen molar-refractivity contribution in [3.05, 3.63) is 35.9 Å². The third kappa shape index (κ3) is 4.97. The molecular formula is C17H27ClN2O2. The fraction of sp³-hybridized carbons (Fsp3) is 0.588. The Labute approximate surface area is 139 Å². The zero-order valence-corrected chi connectivity index (χ0v) is 14.2. The smallest absolute Gasteiger partial charge is 0.239 e. The summed E-state index contributed by atoms with van der Waals surface area (Å²) in [5.74, 6) is 0.604. The number of hydrogen-bond donors (Lipinski definition) is 1. The number of likely N-dealkylation sites (N-methyl/N-ethyl adjacent to an activating group) is 1. The fourth-order valence-electron chi connectivity index (χ4n) is 2.92. The van der Waals surface area contributed by atoms with Gasteiger partial charge in [0, 0.05) is 26.8 Å². The van der Waals surface area contributed by atoms with Gasteiger partial charge in [0.2, 0.25) is 5.91 Å². The van der Waals surface area contributed by atoms with Crippen LogP contribution >= 0.6 is 12.4 Å². The monoisotopic (exact) mass is 326 g/mol. The van der Waals surface area contributed by atoms with Crippen LogP contribution in [-0.2, 0) is 9.53 Å². The molecule has 2 unspecified atom stereocenters. The number of nitrogens with zero attached hydrogens (tertiary/aromatic N) is 1. The van der Waals surface area contributed by atoms with Crippen molar-refractivity contribution in [3.63, 3.8) is 0 Å². The van der Waals surface area contributed by atoms with Crippen LogP contribution in [0.15, 0.2) is 30.3 Å². The van der Waals surface area contributed by atoms with Gasteiger partial charge in [0.05, 0.1) is 6.04 Å². The molecule has 4 nitrogen and oxygen atoms in total. The molecule has 1 aliphatic rings. The average molecular weight is 327 g/mol. The lowest BCUT2D eigenvalue weighted by atomic mass is 9.91. The van der Waals surface area contributed by atoms with Crippen LogP contribution < -0.4 is 5.73 Å². The lowest BCUT2D eigenvalue weighted by Gasteiger charge is -2.31. The molecule has 1 aliphatic heterocycles. The Kier molecular flexibility index (Phi) is 7.87. The van der Waals surface area contributed by atoms with Gasteiger partial charge in [-0.15, -0.1) is 12.4 Å². The molecule has 2 atom stereocenters. The molecule has 0 aromatic heterocycles. The van der Waals surface area contributed by atoms with Crippen LogP contribution in [0.5, 0.6) is 0 Å². The molecule has 0 bridgehead atoms. The molecule has 22 heavy (non-hydrogen) atoms. The average Bonchev–Trinajstić information content (AvgIpc) is 2.55. The van der Waals surface area contributed by atoms with Crippen LogP contribution in [0.4, 0.5) is 0 Å². The number of benzene rings is 1. The molecular weight excluding hydrogens is 300 g/mol. The van der Waals surface area contributed by atoms with Crippen LogP contribution in [0.3, 0.4) is 0 Å². The van der Waals surface area contributed by atoms with Crippen molar-refractivity contribution in [2.24, 2.45) is 11.7 Å². The SMILES string of the molecule is CC(CN(C)C(=O)C(N)C1CCOCC1)c1ccccc1.Cl. The summed E-state index contributed by atoms with van der Waals surface area (Å²) < 4.78 is 5.33. The van der Waals surface area contributed by atoms with Crippen molar-refractivity contribution >= 4 is 18.3 Å². The molecule has 2 N–H and O–H groups in total. The Morgan fingerprint density at radius 1 is 1.32 bits per heavy atom. The number of rotatable bonds is 5. The highest BCUT2D eigenvalue weighted by Crippen LogP contribution is 2.20. The summed E-state index contributed by atoms with van der Waals surface area (Å²) in [4.78, 5) is 14.2. The number of carbonyl (C=O) groups is 1. The van der Waals surface area contributed by atoms with E-state index >= 15 is 0 Å². The highest BCUT2D eigenvalue weighted by molar-refractivity contribution is 5.85. The van der Waals surface area contributed by atoms with Crippen LogP contribution in [0.2, 0.25) is 0 Å². The molecule has 2 rings (SSSR count). The van der Waals surface area contributed by atoms with Crippen molar-refractivity contribution in [1.82, 2.24) is 4.90 Å². The van der Waals surface area contributed by atoms with Crippen molar-refractivity contribution < 1.29 is 9.53 Å². The molecule has 0 spiro atoms. The third-order valence-electron chi connectivity index (χ3n) is 4.35. The third-order valence-corrected chi connectivity index (χ3v) is 4.35. The van der Waals surface area contributed by atoms with Gasteiger partial charge in [-0.3, -0.25) is 4.79 Å². The summed E-state index contributed by atoms with van der Waals surface area (Å²) in [7, 11) is 1.85. The van der Waals surface area contributed by atoms with Crippen molar-refractivity contribution in [2.45, 2.75) is 31.7 Å². The Morgan fingerprint density at radius 3 is 2.50 bits per heavy atom. The molecule has 1 aromatic carbocycles. The number of amides is 1. The summed E-state index contributed by atoms with van der Waals surface area (Å²) in [5.41, 5.74) is 7.41. The maximum absolute atomic E-state index is 12.5. The van der Waals surface area contributed by atoms with E-state index < -0.39 is 6.04 Å². The van der Waals surface area contributed by atoms with E-state index in [1.807, 2.05) is 25.2 Å². The van der Waals surface area contributed by atoms with E-state index in [1.165, 1.54) is 5.56 Å². The van der Waals surface area contributed by atoms with Gasteiger partial charge in [-0.25, -0.2) is 0 Å². The molecule has 1 heterocycles. The molecule has 1 amide bonds. The molecule has 1 fully saturated rings. The first-order valence-electron chi connectivity index (χ1n) is 7.73. The van der Waals surface area contributed by atoms with Crippen LogP contribution in [0.1, 0.15) is 31.2 Å². The van der Waals surface area contributed by atoms with Crippen molar-refractivity contribution in [1.29, 1.82) is 0 Å². The Hall–Kier alpha value is -1.10. The highest BCUT2D eigenvalue weighted by Gasteiger charge is 2.29. The molecule has 0 saturated carbocycles. The topological polar surface area (TPSA) is 55.6 Å². The molecule has 1 aromatic rings. The second-order valence-electron chi connectivity index (χ2n) is 6.01. The molecule has 0 radical (unpaired) electrons. The quantitative estimate of drug-likeness (QED) is 0.904. The van der Waals surface area contributed by atoms with Crippen LogP contribution in [0.25, 0.3) is 0 Å². The number of nitrogens with two attached hydrogens (primary N) is 1. The van der Waals surface area contributed by atoms with Gasteiger partial charge in [0.25, 0.3) is 0 Å². The van der Waals surface area contributed by atoms with E-state index in [0.717, 1.165) is 26.1 Å². The van der Waals surface area contributed by atoms with Gasteiger partial charge in [-0.2, -0.15) is 0 Å². The summed E-state index contributed by atoms with van der Waals surface area (Å²) in [5, 5.41) is 0. The first kappa shape index (κ1) is 18.9. The first-order chi connectivity index (χ1) is 10.1. The summed E-state index contributed by atoms with van der Waals surface area (Å²) in [6.45, 7) is 4.27. The highest BCUT2D eigenvalue weighted by atomic mass is 35.5. The maximum Gasteiger partial charge on any atom is 0.239 e. The minimum absolute atomic E-state index is 0. The van der Waals surface area contributed by atoms with Gasteiger partial charge in [0.15, 0.2) is 0 Å². The van der Waals surface area contributed by atoms with E-state index in [2.05, 4.69) is 19.1 Å². The molecule has 5 heteroatoms. The van der Waals surface area contributed by atoms with Crippen molar-refractivity contribution in [3.8, 4) is 0 Å². The normalized spacial score (nSPS) is 18.1. The summed E-state index contributed by atoms with van der Waals surface area (Å²) in [6, 6.07) is 9.86. The minimum atomic E-state index is -0.401. The van der Waals surface area contributed by atoms with E-state index in [-0.39, 0.29) is 24.2 Å². The minimum Gasteiger partial charge on any atom is -0.381 e. The second kappa shape index (κ2) is 9.13. The largest absolute Gasteiger partial charge is 0.381 e. The second-order valence-corrected chi connectivity index (χ2v) is 6.01. The Bertz CT molecular complexity index is 449. The van der Waals surface area contributed by atoms with Crippen LogP contribution in [0, 0.1) is 5.92 Å². The number of ether oxygens (including phenoxy) is 1. The number of halogens is 1. The lowest BCUT2D eigenvalue weighted by Crippen LogP contribution is -2.48. The van der Waals surface area contributed by atoms with E-state index in [1.54, 1.807) is 4.90 Å². The fourth-order valence-corrected chi connectivity index (χ4v) is 2.92. The van der Waals surface area contributed by atoms with Crippen molar-refractivity contribution in [2.75, 3.05) is 26.8 Å². The number of hydrogen-bond acceptors (Lipinski definition) is 3. The van der Waals surface area contributed by atoms with E-state index in [4.69, 9.17) is 10.5 Å².